The van der Waals surface area contributed by atoms with Gasteiger partial charge in [-0.05, 0) is 31.6 Å². The summed E-state index contributed by atoms with van der Waals surface area (Å²) in [7, 11) is 6.95. The fraction of sp³-hybridized carbons (Fsp3) is 0.389. The first-order valence-corrected chi connectivity index (χ1v) is 8.01. The molecule has 1 aromatic heterocycles. The van der Waals surface area contributed by atoms with E-state index in [0.29, 0.717) is 6.54 Å². The van der Waals surface area contributed by atoms with Crippen molar-refractivity contribution in [2.45, 2.75) is 13.0 Å². The maximum atomic E-state index is 12.1. The number of anilines is 1. The van der Waals surface area contributed by atoms with Gasteiger partial charge in [0.25, 0.3) is 5.56 Å². The van der Waals surface area contributed by atoms with Gasteiger partial charge >= 0.3 is 5.69 Å². The van der Waals surface area contributed by atoms with Crippen LogP contribution in [0.25, 0.3) is 0 Å². The molecule has 1 N–H and O–H groups in total. The van der Waals surface area contributed by atoms with Gasteiger partial charge in [0.1, 0.15) is 11.9 Å². The molecule has 7 heteroatoms. The second-order valence-electron chi connectivity index (χ2n) is 6.28. The molecule has 1 heterocycles. The van der Waals surface area contributed by atoms with Crippen molar-refractivity contribution in [3.05, 3.63) is 61.8 Å². The SMILES string of the molecule is CN(C)Cc1cccc(CCNc2c(C#N)c(=O)n(C)c(=O)n2C)c1. The van der Waals surface area contributed by atoms with E-state index in [9.17, 15) is 14.9 Å². The summed E-state index contributed by atoms with van der Waals surface area (Å²) in [4.78, 5) is 26.2. The molecule has 0 bridgehead atoms. The van der Waals surface area contributed by atoms with Crippen LogP contribution in [0.1, 0.15) is 16.7 Å². The first-order valence-electron chi connectivity index (χ1n) is 8.01. The highest BCUT2D eigenvalue weighted by Gasteiger charge is 2.14. The van der Waals surface area contributed by atoms with Crippen LogP contribution in [0.4, 0.5) is 5.82 Å². The third kappa shape index (κ3) is 4.17. The molecule has 0 fully saturated rings. The molecule has 0 unspecified atom stereocenters. The number of nitriles is 1. The highest BCUT2D eigenvalue weighted by atomic mass is 16.2. The minimum atomic E-state index is -0.582. The van der Waals surface area contributed by atoms with E-state index >= 15 is 0 Å². The molecule has 132 valence electrons. The number of nitrogens with zero attached hydrogens (tertiary/aromatic N) is 4. The standard InChI is InChI=1S/C18H23N5O2/c1-21(2)12-14-7-5-6-13(10-14)8-9-20-16-15(11-19)17(24)23(4)18(25)22(16)3/h5-7,10,20H,8-9,12H2,1-4H3. The lowest BCUT2D eigenvalue weighted by Crippen LogP contribution is -2.40. The van der Waals surface area contributed by atoms with E-state index in [1.54, 1.807) is 7.05 Å². The Bertz CT molecular complexity index is 919. The second-order valence-corrected chi connectivity index (χ2v) is 6.28. The van der Waals surface area contributed by atoms with Crippen molar-refractivity contribution in [3.63, 3.8) is 0 Å². The van der Waals surface area contributed by atoms with Crippen molar-refractivity contribution < 1.29 is 0 Å². The zero-order valence-corrected chi connectivity index (χ0v) is 15.0. The zero-order chi connectivity index (χ0) is 18.6. The normalized spacial score (nSPS) is 10.7. The number of nitrogens with one attached hydrogen (secondary N) is 1. The smallest absolute Gasteiger partial charge is 0.332 e. The molecule has 0 aliphatic rings. The minimum Gasteiger partial charge on any atom is -0.370 e. The average molecular weight is 341 g/mol. The van der Waals surface area contributed by atoms with Gasteiger partial charge in [-0.3, -0.25) is 13.9 Å². The Morgan fingerprint density at radius 3 is 2.48 bits per heavy atom. The summed E-state index contributed by atoms with van der Waals surface area (Å²) < 4.78 is 2.23. The maximum absolute atomic E-state index is 12.1. The van der Waals surface area contributed by atoms with E-state index < -0.39 is 11.2 Å². The molecular weight excluding hydrogens is 318 g/mol. The van der Waals surface area contributed by atoms with Crippen LogP contribution < -0.4 is 16.6 Å². The van der Waals surface area contributed by atoms with Crippen LogP contribution in [0, 0.1) is 11.3 Å². The Hall–Kier alpha value is -2.85. The quantitative estimate of drug-likeness (QED) is 0.835. The summed E-state index contributed by atoms with van der Waals surface area (Å²) in [6, 6.07) is 10.2. The molecule has 0 aliphatic carbocycles. The van der Waals surface area contributed by atoms with Crippen molar-refractivity contribution in [2.24, 2.45) is 14.1 Å². The Morgan fingerprint density at radius 1 is 1.16 bits per heavy atom. The van der Waals surface area contributed by atoms with Gasteiger partial charge in [0, 0.05) is 27.2 Å². The topological polar surface area (TPSA) is 83.1 Å². The van der Waals surface area contributed by atoms with Gasteiger partial charge in [0.05, 0.1) is 0 Å². The van der Waals surface area contributed by atoms with Crippen LogP contribution in [0.3, 0.4) is 0 Å². The maximum Gasteiger partial charge on any atom is 0.332 e. The van der Waals surface area contributed by atoms with E-state index in [1.807, 2.05) is 32.3 Å². The molecule has 0 aliphatic heterocycles. The third-order valence-corrected chi connectivity index (χ3v) is 3.97. The van der Waals surface area contributed by atoms with Crippen LogP contribution in [0.2, 0.25) is 0 Å². The van der Waals surface area contributed by atoms with Crippen LogP contribution in [-0.4, -0.2) is 34.7 Å². The number of rotatable bonds is 6. The number of aromatic nitrogens is 2. The van der Waals surface area contributed by atoms with Gasteiger partial charge in [-0.2, -0.15) is 5.26 Å². The lowest BCUT2D eigenvalue weighted by molar-refractivity contribution is 0.402. The van der Waals surface area contributed by atoms with Gasteiger partial charge in [-0.15, -0.1) is 0 Å². The van der Waals surface area contributed by atoms with E-state index in [0.717, 1.165) is 23.1 Å². The third-order valence-electron chi connectivity index (χ3n) is 3.97. The predicted octanol–water partition coefficient (Wildman–Crippen LogP) is 0.672. The van der Waals surface area contributed by atoms with Crippen molar-refractivity contribution in [3.8, 4) is 6.07 Å². The molecule has 7 nitrogen and oxygen atoms in total. The highest BCUT2D eigenvalue weighted by molar-refractivity contribution is 5.51. The van der Waals surface area contributed by atoms with Crippen molar-refractivity contribution in [1.82, 2.24) is 14.0 Å². The predicted molar refractivity (Wildman–Crippen MR) is 97.7 cm³/mol. The number of hydrogen-bond acceptors (Lipinski definition) is 5. The van der Waals surface area contributed by atoms with Crippen molar-refractivity contribution >= 4 is 5.82 Å². The monoisotopic (exact) mass is 341 g/mol. The van der Waals surface area contributed by atoms with Gasteiger partial charge in [0.2, 0.25) is 0 Å². The van der Waals surface area contributed by atoms with Crippen molar-refractivity contribution in [1.29, 1.82) is 5.26 Å². The molecular formula is C18H23N5O2. The summed E-state index contributed by atoms with van der Waals surface area (Å²) in [6.07, 6.45) is 0.718. The van der Waals surface area contributed by atoms with Gasteiger partial charge in [-0.1, -0.05) is 24.3 Å². The molecule has 0 saturated heterocycles. The van der Waals surface area contributed by atoms with E-state index in [4.69, 9.17) is 0 Å². The summed E-state index contributed by atoms with van der Waals surface area (Å²) >= 11 is 0. The second kappa shape index (κ2) is 7.81. The molecule has 2 rings (SSSR count). The molecule has 25 heavy (non-hydrogen) atoms. The molecule has 1 aromatic carbocycles. The summed E-state index contributed by atoms with van der Waals surface area (Å²) in [5.74, 6) is 0.264. The average Bonchev–Trinajstić information content (AvgIpc) is 2.57. The lowest BCUT2D eigenvalue weighted by Gasteiger charge is -2.14. The Kier molecular flexibility index (Phi) is 5.78. The summed E-state index contributed by atoms with van der Waals surface area (Å²) in [5, 5.41) is 12.3. The molecule has 0 atom stereocenters. The van der Waals surface area contributed by atoms with E-state index in [-0.39, 0.29) is 11.4 Å². The van der Waals surface area contributed by atoms with Crippen molar-refractivity contribution in [2.75, 3.05) is 26.0 Å². The van der Waals surface area contributed by atoms with Crippen LogP contribution in [0.15, 0.2) is 33.9 Å². The van der Waals surface area contributed by atoms with Crippen LogP contribution >= 0.6 is 0 Å². The number of hydrogen-bond donors (Lipinski definition) is 1. The van der Waals surface area contributed by atoms with Gasteiger partial charge < -0.3 is 10.2 Å². The summed E-state index contributed by atoms with van der Waals surface area (Å²) in [6.45, 7) is 1.38. The summed E-state index contributed by atoms with van der Waals surface area (Å²) in [5.41, 5.74) is 1.28. The zero-order valence-electron chi connectivity index (χ0n) is 15.0. The first kappa shape index (κ1) is 18.5. The van der Waals surface area contributed by atoms with Gasteiger partial charge in [0.15, 0.2) is 5.56 Å². The molecule has 0 amide bonds. The van der Waals surface area contributed by atoms with Crippen LogP contribution in [0.5, 0.6) is 0 Å². The molecule has 0 radical (unpaired) electrons. The molecule has 0 spiro atoms. The van der Waals surface area contributed by atoms with Gasteiger partial charge in [-0.25, -0.2) is 4.79 Å². The Balaban J connectivity index is 2.17. The van der Waals surface area contributed by atoms with E-state index in [2.05, 4.69) is 22.3 Å². The number of benzene rings is 1. The fourth-order valence-electron chi connectivity index (χ4n) is 2.73. The highest BCUT2D eigenvalue weighted by Crippen LogP contribution is 2.10. The fourth-order valence-corrected chi connectivity index (χ4v) is 2.73. The van der Waals surface area contributed by atoms with Crippen LogP contribution in [-0.2, 0) is 27.1 Å². The van der Waals surface area contributed by atoms with E-state index in [1.165, 1.54) is 17.2 Å². The lowest BCUT2D eigenvalue weighted by atomic mass is 10.1. The minimum absolute atomic E-state index is 0.0500. The molecule has 2 aromatic rings. The first-order chi connectivity index (χ1) is 11.8. The molecule has 0 saturated carbocycles. The Morgan fingerprint density at radius 2 is 1.84 bits per heavy atom. The Labute approximate surface area is 146 Å². The largest absolute Gasteiger partial charge is 0.370 e.